The van der Waals surface area contributed by atoms with E-state index < -0.39 is 17.7 Å². The first-order valence-corrected chi connectivity index (χ1v) is 5.11. The van der Waals surface area contributed by atoms with Gasteiger partial charge in [0.1, 0.15) is 11.7 Å². The van der Waals surface area contributed by atoms with Crippen molar-refractivity contribution in [2.45, 2.75) is 12.5 Å². The Balaban J connectivity index is 2.30. The fourth-order valence-corrected chi connectivity index (χ4v) is 1.67. The van der Waals surface area contributed by atoms with Crippen molar-refractivity contribution in [1.82, 2.24) is 9.55 Å². The topological polar surface area (TPSA) is 55.1 Å². The average molecular weight is 234 g/mol. The highest BCUT2D eigenvalue weighted by Gasteiger charge is 2.23. The molecule has 0 aliphatic carbocycles. The second-order valence-corrected chi connectivity index (χ2v) is 3.67. The van der Waals surface area contributed by atoms with Gasteiger partial charge in [-0.3, -0.25) is 4.79 Å². The van der Waals surface area contributed by atoms with Gasteiger partial charge in [-0.15, -0.1) is 0 Å². The van der Waals surface area contributed by atoms with E-state index in [4.69, 9.17) is 5.11 Å². The summed E-state index contributed by atoms with van der Waals surface area (Å²) in [6.45, 7) is 0.163. The molecule has 0 spiro atoms. The molecule has 0 radical (unpaired) electrons. The third-order valence-corrected chi connectivity index (χ3v) is 2.53. The molecule has 1 unspecified atom stereocenters. The number of carboxylic acids is 1. The minimum atomic E-state index is -1.05. The number of nitrogens with zero attached hydrogens (tertiary/aromatic N) is 2. The van der Waals surface area contributed by atoms with Crippen molar-refractivity contribution < 1.29 is 14.3 Å². The molecule has 0 saturated heterocycles. The number of rotatable bonds is 4. The first-order valence-electron chi connectivity index (χ1n) is 5.11. The number of imidazole rings is 1. The zero-order valence-corrected chi connectivity index (χ0v) is 8.95. The van der Waals surface area contributed by atoms with Crippen molar-refractivity contribution in [3.63, 3.8) is 0 Å². The van der Waals surface area contributed by atoms with E-state index in [1.54, 1.807) is 23.0 Å². The molecular weight excluding hydrogens is 223 g/mol. The molecule has 2 rings (SSSR count). The molecule has 17 heavy (non-hydrogen) atoms. The number of hydrogen-bond acceptors (Lipinski definition) is 2. The van der Waals surface area contributed by atoms with Gasteiger partial charge in [0, 0.05) is 24.5 Å². The Bertz CT molecular complexity index is 511. The van der Waals surface area contributed by atoms with Crippen LogP contribution in [0.15, 0.2) is 43.0 Å². The SMILES string of the molecule is O=C(O)C(Cn1ccnc1)c1ccccc1F. The van der Waals surface area contributed by atoms with Crippen LogP contribution in [0.1, 0.15) is 11.5 Å². The van der Waals surface area contributed by atoms with E-state index >= 15 is 0 Å². The highest BCUT2D eigenvalue weighted by Crippen LogP contribution is 2.21. The van der Waals surface area contributed by atoms with Crippen molar-refractivity contribution in [2.24, 2.45) is 0 Å². The highest BCUT2D eigenvalue weighted by atomic mass is 19.1. The number of carboxylic acid groups (broad SMARTS) is 1. The lowest BCUT2D eigenvalue weighted by Gasteiger charge is -2.13. The third kappa shape index (κ3) is 2.50. The molecule has 0 aliphatic heterocycles. The van der Waals surface area contributed by atoms with Gasteiger partial charge in [0.2, 0.25) is 0 Å². The molecule has 0 saturated carbocycles. The Hall–Kier alpha value is -2.17. The van der Waals surface area contributed by atoms with Gasteiger partial charge in [-0.05, 0) is 6.07 Å². The third-order valence-electron chi connectivity index (χ3n) is 2.53. The maximum absolute atomic E-state index is 13.5. The molecule has 1 aromatic heterocycles. The minimum absolute atomic E-state index is 0.163. The van der Waals surface area contributed by atoms with Crippen LogP contribution in [0.5, 0.6) is 0 Å². The van der Waals surface area contributed by atoms with Crippen LogP contribution in [0.25, 0.3) is 0 Å². The molecule has 4 nitrogen and oxygen atoms in total. The number of aromatic nitrogens is 2. The zero-order valence-electron chi connectivity index (χ0n) is 8.95. The lowest BCUT2D eigenvalue weighted by atomic mass is 9.98. The van der Waals surface area contributed by atoms with Crippen LogP contribution in [-0.2, 0) is 11.3 Å². The highest BCUT2D eigenvalue weighted by molar-refractivity contribution is 5.76. The minimum Gasteiger partial charge on any atom is -0.481 e. The lowest BCUT2D eigenvalue weighted by Crippen LogP contribution is -2.18. The summed E-state index contributed by atoms with van der Waals surface area (Å²) in [6, 6.07) is 5.92. The van der Waals surface area contributed by atoms with Crippen LogP contribution in [0, 0.1) is 5.82 Å². The van der Waals surface area contributed by atoms with Crippen molar-refractivity contribution in [2.75, 3.05) is 0 Å². The summed E-state index contributed by atoms with van der Waals surface area (Å²) in [5, 5.41) is 9.15. The van der Waals surface area contributed by atoms with Gasteiger partial charge < -0.3 is 9.67 Å². The largest absolute Gasteiger partial charge is 0.481 e. The van der Waals surface area contributed by atoms with E-state index in [0.717, 1.165) is 0 Å². The van der Waals surface area contributed by atoms with Gasteiger partial charge >= 0.3 is 5.97 Å². The summed E-state index contributed by atoms with van der Waals surface area (Å²) in [6.07, 6.45) is 4.72. The monoisotopic (exact) mass is 234 g/mol. The summed E-state index contributed by atoms with van der Waals surface area (Å²) >= 11 is 0. The number of hydrogen-bond donors (Lipinski definition) is 1. The smallest absolute Gasteiger partial charge is 0.312 e. The summed E-state index contributed by atoms with van der Waals surface area (Å²) in [5.74, 6) is -2.46. The maximum Gasteiger partial charge on any atom is 0.312 e. The molecule has 2 aromatic rings. The standard InChI is InChI=1S/C12H11FN2O2/c13-11-4-2-1-3-9(11)10(12(16)17)7-15-6-5-14-8-15/h1-6,8,10H,7H2,(H,16,17). The quantitative estimate of drug-likeness (QED) is 0.878. The van der Waals surface area contributed by atoms with Gasteiger partial charge in [0.05, 0.1) is 6.33 Å². The van der Waals surface area contributed by atoms with Crippen LogP contribution < -0.4 is 0 Å². The molecule has 1 heterocycles. The van der Waals surface area contributed by atoms with Crippen molar-refractivity contribution in [3.05, 3.63) is 54.4 Å². The van der Waals surface area contributed by atoms with Crippen LogP contribution >= 0.6 is 0 Å². The normalized spacial score (nSPS) is 12.3. The summed E-state index contributed by atoms with van der Waals surface area (Å²) in [5.41, 5.74) is 0.189. The van der Waals surface area contributed by atoms with E-state index in [-0.39, 0.29) is 12.1 Å². The predicted molar refractivity (Wildman–Crippen MR) is 59.0 cm³/mol. The second-order valence-electron chi connectivity index (χ2n) is 3.67. The molecule has 0 aliphatic rings. The average Bonchev–Trinajstić information content (AvgIpc) is 2.79. The number of halogens is 1. The zero-order chi connectivity index (χ0) is 12.3. The summed E-state index contributed by atoms with van der Waals surface area (Å²) < 4.78 is 15.2. The van der Waals surface area contributed by atoms with Gasteiger partial charge in [-0.25, -0.2) is 9.37 Å². The Kier molecular flexibility index (Phi) is 3.18. The number of benzene rings is 1. The van der Waals surface area contributed by atoms with Crippen molar-refractivity contribution in [1.29, 1.82) is 0 Å². The fraction of sp³-hybridized carbons (Fsp3) is 0.167. The van der Waals surface area contributed by atoms with E-state index in [9.17, 15) is 9.18 Å². The van der Waals surface area contributed by atoms with Gasteiger partial charge in [-0.1, -0.05) is 18.2 Å². The lowest BCUT2D eigenvalue weighted by molar-refractivity contribution is -0.139. The van der Waals surface area contributed by atoms with Crippen LogP contribution in [0.3, 0.4) is 0 Å². The number of aliphatic carboxylic acids is 1. The fourth-order valence-electron chi connectivity index (χ4n) is 1.67. The van der Waals surface area contributed by atoms with E-state index in [1.807, 2.05) is 0 Å². The van der Waals surface area contributed by atoms with Crippen LogP contribution in [0.4, 0.5) is 4.39 Å². The van der Waals surface area contributed by atoms with Gasteiger partial charge in [-0.2, -0.15) is 0 Å². The molecule has 88 valence electrons. The Labute approximate surface area is 97.3 Å². The molecule has 1 atom stereocenters. The molecule has 5 heteroatoms. The van der Waals surface area contributed by atoms with Gasteiger partial charge in [0.25, 0.3) is 0 Å². The first-order chi connectivity index (χ1) is 8.18. The van der Waals surface area contributed by atoms with Gasteiger partial charge in [0.15, 0.2) is 0 Å². The predicted octanol–water partition coefficient (Wildman–Crippen LogP) is 1.89. The molecule has 1 aromatic carbocycles. The van der Waals surface area contributed by atoms with Crippen molar-refractivity contribution in [3.8, 4) is 0 Å². The summed E-state index contributed by atoms with van der Waals surface area (Å²) in [7, 11) is 0. The first kappa shape index (κ1) is 11.3. The molecule has 0 amide bonds. The van der Waals surface area contributed by atoms with Crippen LogP contribution in [-0.4, -0.2) is 20.6 Å². The maximum atomic E-state index is 13.5. The molecule has 0 bridgehead atoms. The Morgan fingerprint density at radius 3 is 2.82 bits per heavy atom. The Morgan fingerprint density at radius 2 is 2.24 bits per heavy atom. The second kappa shape index (κ2) is 4.78. The molecule has 0 fully saturated rings. The summed E-state index contributed by atoms with van der Waals surface area (Å²) in [4.78, 5) is 15.0. The van der Waals surface area contributed by atoms with E-state index in [2.05, 4.69) is 4.98 Å². The van der Waals surface area contributed by atoms with E-state index in [1.165, 1.54) is 24.5 Å². The molecular formula is C12H11FN2O2. The molecule has 1 N–H and O–H groups in total. The Morgan fingerprint density at radius 1 is 1.47 bits per heavy atom. The van der Waals surface area contributed by atoms with Crippen LogP contribution in [0.2, 0.25) is 0 Å². The van der Waals surface area contributed by atoms with E-state index in [0.29, 0.717) is 0 Å². The van der Waals surface area contributed by atoms with Crippen molar-refractivity contribution >= 4 is 5.97 Å². The number of carbonyl (C=O) groups is 1.